The molecule has 0 saturated carbocycles. The summed E-state index contributed by atoms with van der Waals surface area (Å²) in [6, 6.07) is 22.4. The number of ether oxygens (including phenoxy) is 1. The van der Waals surface area contributed by atoms with E-state index in [1.807, 2.05) is 60.7 Å². The van der Waals surface area contributed by atoms with Crippen molar-refractivity contribution in [1.29, 1.82) is 0 Å². The maximum atomic E-state index is 12.8. The van der Waals surface area contributed by atoms with E-state index in [-0.39, 0.29) is 12.2 Å². The predicted molar refractivity (Wildman–Crippen MR) is 116 cm³/mol. The highest BCUT2D eigenvalue weighted by Gasteiger charge is 2.26. The van der Waals surface area contributed by atoms with Gasteiger partial charge >= 0.3 is 5.97 Å². The summed E-state index contributed by atoms with van der Waals surface area (Å²) >= 11 is 0. The number of carboxylic acids is 1. The molecule has 0 fully saturated rings. The Balaban J connectivity index is 1.56. The van der Waals surface area contributed by atoms with Crippen LogP contribution in [0.15, 0.2) is 79.0 Å². The molecule has 0 aliphatic rings. The number of hydrogen-bond acceptors (Lipinski definition) is 3. The third kappa shape index (κ3) is 3.82. The Morgan fingerprint density at radius 2 is 1.73 bits per heavy atom. The van der Waals surface area contributed by atoms with E-state index in [0.717, 1.165) is 27.8 Å². The fourth-order valence-electron chi connectivity index (χ4n) is 3.67. The van der Waals surface area contributed by atoms with Gasteiger partial charge in [0.1, 0.15) is 5.75 Å². The standard InChI is InChI=1S/C25H21NO4/c1-30-19-6-4-5-18(13-19)16-9-11-17(12-10-16)24(27)14-21(25(28)29)22-15-26-23-8-3-2-7-20(22)23/h2-13,15,21,26H,14H2,1H3,(H,28,29). The molecule has 0 aliphatic heterocycles. The Hall–Kier alpha value is -3.86. The first-order valence-electron chi connectivity index (χ1n) is 9.63. The molecule has 4 rings (SSSR count). The van der Waals surface area contributed by atoms with Crippen molar-refractivity contribution in [2.24, 2.45) is 0 Å². The molecule has 2 N–H and O–H groups in total. The Bertz CT molecular complexity index is 1210. The lowest BCUT2D eigenvalue weighted by Gasteiger charge is -2.12. The van der Waals surface area contributed by atoms with E-state index < -0.39 is 11.9 Å². The molecule has 1 atom stereocenters. The number of fused-ring (bicyclic) bond motifs is 1. The number of carboxylic acid groups (broad SMARTS) is 1. The van der Waals surface area contributed by atoms with Gasteiger partial charge in [0.05, 0.1) is 13.0 Å². The van der Waals surface area contributed by atoms with Crippen LogP contribution in [0.25, 0.3) is 22.0 Å². The van der Waals surface area contributed by atoms with E-state index in [0.29, 0.717) is 11.1 Å². The van der Waals surface area contributed by atoms with Crippen LogP contribution in [0.1, 0.15) is 28.3 Å². The lowest BCUT2D eigenvalue weighted by Crippen LogP contribution is -2.16. The molecule has 3 aromatic carbocycles. The van der Waals surface area contributed by atoms with E-state index in [1.54, 1.807) is 25.4 Å². The van der Waals surface area contributed by atoms with Crippen LogP contribution in [0, 0.1) is 0 Å². The molecule has 150 valence electrons. The second-order valence-electron chi connectivity index (χ2n) is 7.12. The summed E-state index contributed by atoms with van der Waals surface area (Å²) in [7, 11) is 1.62. The van der Waals surface area contributed by atoms with Crippen molar-refractivity contribution in [3.63, 3.8) is 0 Å². The largest absolute Gasteiger partial charge is 0.497 e. The monoisotopic (exact) mass is 399 g/mol. The van der Waals surface area contributed by atoms with Crippen molar-refractivity contribution in [1.82, 2.24) is 4.98 Å². The number of methoxy groups -OCH3 is 1. The summed E-state index contributed by atoms with van der Waals surface area (Å²) in [5.74, 6) is -1.37. The molecule has 0 bridgehead atoms. The first kappa shape index (κ1) is 19.5. The van der Waals surface area contributed by atoms with Crippen molar-refractivity contribution < 1.29 is 19.4 Å². The molecule has 1 aromatic heterocycles. The Labute approximate surface area is 173 Å². The zero-order chi connectivity index (χ0) is 21.1. The molecule has 1 heterocycles. The van der Waals surface area contributed by atoms with Crippen LogP contribution in [-0.4, -0.2) is 29.0 Å². The molecule has 4 aromatic rings. The summed E-state index contributed by atoms with van der Waals surface area (Å²) in [5.41, 5.74) is 3.91. The maximum absolute atomic E-state index is 12.8. The fraction of sp³-hybridized carbons (Fsp3) is 0.120. The predicted octanol–water partition coefficient (Wildman–Crippen LogP) is 5.28. The minimum absolute atomic E-state index is 0.102. The number of aromatic nitrogens is 1. The maximum Gasteiger partial charge on any atom is 0.311 e. The molecule has 0 aliphatic carbocycles. The number of nitrogens with one attached hydrogen (secondary N) is 1. The van der Waals surface area contributed by atoms with E-state index in [2.05, 4.69) is 4.98 Å². The molecule has 30 heavy (non-hydrogen) atoms. The summed E-state index contributed by atoms with van der Waals surface area (Å²) in [5, 5.41) is 10.6. The van der Waals surface area contributed by atoms with Crippen LogP contribution in [0.4, 0.5) is 0 Å². The first-order valence-corrected chi connectivity index (χ1v) is 9.63. The van der Waals surface area contributed by atoms with Crippen LogP contribution in [0.5, 0.6) is 5.75 Å². The number of hydrogen-bond donors (Lipinski definition) is 2. The van der Waals surface area contributed by atoms with E-state index in [9.17, 15) is 14.7 Å². The number of carbonyl (C=O) groups excluding carboxylic acids is 1. The van der Waals surface area contributed by atoms with Gasteiger partial charge in [-0.25, -0.2) is 0 Å². The third-order valence-electron chi connectivity index (χ3n) is 5.29. The highest BCUT2D eigenvalue weighted by molar-refractivity contribution is 6.00. The van der Waals surface area contributed by atoms with Crippen LogP contribution in [-0.2, 0) is 4.79 Å². The zero-order valence-electron chi connectivity index (χ0n) is 16.5. The number of aromatic amines is 1. The van der Waals surface area contributed by atoms with Crippen LogP contribution in [0.2, 0.25) is 0 Å². The van der Waals surface area contributed by atoms with Gasteiger partial charge in [0, 0.05) is 29.1 Å². The topological polar surface area (TPSA) is 79.4 Å². The SMILES string of the molecule is COc1cccc(-c2ccc(C(=O)CC(C(=O)O)c3c[nH]c4ccccc34)cc2)c1. The van der Waals surface area contributed by atoms with E-state index >= 15 is 0 Å². The molecule has 0 radical (unpaired) electrons. The lowest BCUT2D eigenvalue weighted by atomic mass is 9.91. The Kier molecular flexibility index (Phi) is 5.35. The number of carbonyl (C=O) groups is 2. The minimum Gasteiger partial charge on any atom is -0.497 e. The van der Waals surface area contributed by atoms with Gasteiger partial charge in [-0.1, -0.05) is 54.6 Å². The van der Waals surface area contributed by atoms with Gasteiger partial charge in [0.25, 0.3) is 0 Å². The minimum atomic E-state index is -1.01. The molecular formula is C25H21NO4. The number of Topliss-reactive ketones (excluding diaryl/α,β-unsaturated/α-hetero) is 1. The van der Waals surface area contributed by atoms with Gasteiger partial charge in [-0.15, -0.1) is 0 Å². The second-order valence-corrected chi connectivity index (χ2v) is 7.12. The average molecular weight is 399 g/mol. The fourth-order valence-corrected chi connectivity index (χ4v) is 3.67. The highest BCUT2D eigenvalue weighted by Crippen LogP contribution is 2.30. The lowest BCUT2D eigenvalue weighted by molar-refractivity contribution is -0.138. The molecule has 0 saturated heterocycles. The Morgan fingerprint density at radius 1 is 0.967 bits per heavy atom. The van der Waals surface area contributed by atoms with Crippen molar-refractivity contribution in [3.8, 4) is 16.9 Å². The molecule has 5 nitrogen and oxygen atoms in total. The number of benzene rings is 3. The number of rotatable bonds is 7. The third-order valence-corrected chi connectivity index (χ3v) is 5.29. The normalized spacial score (nSPS) is 11.9. The van der Waals surface area contributed by atoms with Gasteiger partial charge in [-0.2, -0.15) is 0 Å². The highest BCUT2D eigenvalue weighted by atomic mass is 16.5. The van der Waals surface area contributed by atoms with E-state index in [4.69, 9.17) is 4.74 Å². The second kappa shape index (κ2) is 8.25. The quantitative estimate of drug-likeness (QED) is 0.414. The summed E-state index contributed by atoms with van der Waals surface area (Å²) in [6.07, 6.45) is 1.58. The van der Waals surface area contributed by atoms with E-state index in [1.165, 1.54) is 0 Å². The number of H-pyrrole nitrogens is 1. The van der Waals surface area contributed by atoms with Gasteiger partial charge in [-0.3, -0.25) is 9.59 Å². The first-order chi connectivity index (χ1) is 14.6. The summed E-state index contributed by atoms with van der Waals surface area (Å²) in [4.78, 5) is 27.9. The van der Waals surface area contributed by atoms with Crippen molar-refractivity contribution in [2.45, 2.75) is 12.3 Å². The zero-order valence-corrected chi connectivity index (χ0v) is 16.5. The van der Waals surface area contributed by atoms with Gasteiger partial charge in [0.2, 0.25) is 0 Å². The molecule has 1 unspecified atom stereocenters. The van der Waals surface area contributed by atoms with Crippen LogP contribution in [0.3, 0.4) is 0 Å². The van der Waals surface area contributed by atoms with Gasteiger partial charge < -0.3 is 14.8 Å². The smallest absolute Gasteiger partial charge is 0.311 e. The molecule has 5 heteroatoms. The Morgan fingerprint density at radius 3 is 2.47 bits per heavy atom. The van der Waals surface area contributed by atoms with Gasteiger partial charge in [0.15, 0.2) is 5.78 Å². The summed E-state index contributed by atoms with van der Waals surface area (Å²) in [6.45, 7) is 0. The average Bonchev–Trinajstić information content (AvgIpc) is 3.21. The summed E-state index contributed by atoms with van der Waals surface area (Å²) < 4.78 is 5.26. The van der Waals surface area contributed by atoms with Crippen LogP contribution >= 0.6 is 0 Å². The van der Waals surface area contributed by atoms with Gasteiger partial charge in [-0.05, 0) is 34.9 Å². The molecule has 0 amide bonds. The van der Waals surface area contributed by atoms with Crippen molar-refractivity contribution in [3.05, 3.63) is 90.1 Å². The van der Waals surface area contributed by atoms with Crippen molar-refractivity contribution >= 4 is 22.7 Å². The number of ketones is 1. The molecular weight excluding hydrogens is 378 g/mol. The van der Waals surface area contributed by atoms with Crippen LogP contribution < -0.4 is 4.74 Å². The van der Waals surface area contributed by atoms with Crippen molar-refractivity contribution in [2.75, 3.05) is 7.11 Å². The molecule has 0 spiro atoms. The number of para-hydroxylation sites is 1. The number of aliphatic carboxylic acids is 1.